The first-order valence-corrected chi connectivity index (χ1v) is 8.24. The largest absolute Gasteiger partial charge is 0.286 e. The van der Waals surface area contributed by atoms with Crippen LogP contribution in [0.2, 0.25) is 0 Å². The van der Waals surface area contributed by atoms with Crippen molar-refractivity contribution < 1.29 is 0 Å². The van der Waals surface area contributed by atoms with Crippen LogP contribution in [-0.2, 0) is 13.1 Å². The van der Waals surface area contributed by atoms with Crippen molar-refractivity contribution in [2.24, 2.45) is 19.3 Å². The monoisotopic (exact) mass is 324 g/mol. The molecule has 0 saturated heterocycles. The van der Waals surface area contributed by atoms with Crippen LogP contribution in [0.4, 0.5) is 0 Å². The lowest BCUT2D eigenvalue weighted by molar-refractivity contribution is 0.586. The molecule has 2 aliphatic heterocycles. The van der Waals surface area contributed by atoms with Crippen molar-refractivity contribution in [1.82, 2.24) is 10.6 Å². The van der Waals surface area contributed by atoms with E-state index in [1.54, 1.807) is 0 Å². The van der Waals surface area contributed by atoms with Crippen LogP contribution in [-0.4, -0.2) is 0 Å². The highest BCUT2D eigenvalue weighted by Crippen LogP contribution is 2.29. The van der Waals surface area contributed by atoms with E-state index in [2.05, 4.69) is 54.2 Å². The van der Waals surface area contributed by atoms with Crippen molar-refractivity contribution in [3.05, 3.63) is 70.8 Å². The first-order valence-electron chi connectivity index (χ1n) is 7.51. The molecule has 0 amide bonds. The van der Waals surface area contributed by atoms with Gasteiger partial charge in [0.1, 0.15) is 12.3 Å². The van der Waals surface area contributed by atoms with Gasteiger partial charge in [-0.15, -0.1) is 0 Å². The van der Waals surface area contributed by atoms with Gasteiger partial charge in [0.15, 0.2) is 12.1 Å². The molecule has 2 N–H and O–H groups in total. The molecule has 4 rings (SSSR count). The first kappa shape index (κ1) is 14.5. The second kappa shape index (κ2) is 6.57. The molecule has 7 heteroatoms. The summed E-state index contributed by atoms with van der Waals surface area (Å²) in [6, 6.07) is 16.5. The van der Waals surface area contributed by atoms with Gasteiger partial charge in [0.05, 0.1) is 0 Å². The van der Waals surface area contributed by atoms with E-state index in [0.717, 1.165) is 25.2 Å². The number of hydrogen-bond acceptors (Lipinski definition) is 7. The van der Waals surface area contributed by atoms with Crippen LogP contribution in [0.5, 0.6) is 0 Å². The van der Waals surface area contributed by atoms with Crippen LogP contribution in [0.3, 0.4) is 0 Å². The third-order valence-corrected chi connectivity index (χ3v) is 4.40. The van der Waals surface area contributed by atoms with Crippen molar-refractivity contribution >= 4 is 12.1 Å². The maximum absolute atomic E-state index is 4.28. The molecular weight excluding hydrogens is 308 g/mol. The molecule has 0 spiro atoms. The number of nitrogens with zero attached hydrogens (tertiary/aromatic N) is 4. The van der Waals surface area contributed by atoms with Crippen molar-refractivity contribution in [2.45, 2.75) is 25.4 Å². The molecule has 0 aromatic heterocycles. The van der Waals surface area contributed by atoms with E-state index in [-0.39, 0.29) is 12.3 Å². The van der Waals surface area contributed by atoms with Crippen LogP contribution in [0, 0.1) is 0 Å². The summed E-state index contributed by atoms with van der Waals surface area (Å²) in [5, 5.41) is 15.2. The normalized spacial score (nSPS) is 22.8. The quantitative estimate of drug-likeness (QED) is 0.658. The summed E-state index contributed by atoms with van der Waals surface area (Å²) in [6.07, 6.45) is -0.168. The number of nitrogens with one attached hydrogen (secondary N) is 2. The average molecular weight is 324 g/mol. The summed E-state index contributed by atoms with van der Waals surface area (Å²) in [5.74, 6) is 0. The summed E-state index contributed by atoms with van der Waals surface area (Å²) in [5.41, 5.74) is 4.91. The number of fused-ring (bicyclic) bond motifs is 2. The lowest BCUT2D eigenvalue weighted by Crippen LogP contribution is -2.08. The van der Waals surface area contributed by atoms with Gasteiger partial charge in [0, 0.05) is 13.1 Å². The third-order valence-electron chi connectivity index (χ3n) is 4.07. The van der Waals surface area contributed by atoms with Crippen molar-refractivity contribution in [2.75, 3.05) is 0 Å². The lowest BCUT2D eigenvalue weighted by Gasteiger charge is -2.03. The van der Waals surface area contributed by atoms with Crippen molar-refractivity contribution in [1.29, 1.82) is 0 Å². The second-order valence-electron chi connectivity index (χ2n) is 5.44. The van der Waals surface area contributed by atoms with Gasteiger partial charge in [-0.2, -0.15) is 10.2 Å². The van der Waals surface area contributed by atoms with Gasteiger partial charge >= 0.3 is 0 Å². The van der Waals surface area contributed by atoms with Crippen LogP contribution in [0.15, 0.2) is 67.8 Å². The summed E-state index contributed by atoms with van der Waals surface area (Å²) in [7, 11) is 0. The fourth-order valence-electron chi connectivity index (χ4n) is 2.92. The predicted molar refractivity (Wildman–Crippen MR) is 89.3 cm³/mol. The smallest absolute Gasteiger partial charge is 0.159 e. The first-order chi connectivity index (χ1) is 11.4. The predicted octanol–water partition coefficient (Wildman–Crippen LogP) is 4.06. The SMILES string of the molecule is c1ccc2c(c1)CNC2N=NSN=NC1NCc2ccccc21. The number of hydrogen-bond donors (Lipinski definition) is 2. The molecule has 0 bridgehead atoms. The molecule has 116 valence electrons. The fourth-order valence-corrected chi connectivity index (χ4v) is 3.22. The molecule has 0 saturated carbocycles. The van der Waals surface area contributed by atoms with Crippen LogP contribution in [0.1, 0.15) is 34.6 Å². The van der Waals surface area contributed by atoms with Gasteiger partial charge in [0.25, 0.3) is 0 Å². The molecule has 23 heavy (non-hydrogen) atoms. The fraction of sp³-hybridized carbons (Fsp3) is 0.250. The van der Waals surface area contributed by atoms with E-state index in [1.807, 2.05) is 24.3 Å². The maximum Gasteiger partial charge on any atom is 0.159 e. The zero-order valence-corrected chi connectivity index (χ0v) is 13.2. The molecule has 2 aliphatic rings. The standard InChI is InChI=1S/C16H16N6S/c1-3-7-13-11(5-1)9-17-15(13)19-21-23-22-20-16-14-8-4-2-6-12(14)10-18-16/h1-8,15-18H,9-10H2. The van der Waals surface area contributed by atoms with Gasteiger partial charge in [-0.05, 0) is 22.3 Å². The van der Waals surface area contributed by atoms with E-state index < -0.39 is 0 Å². The number of benzene rings is 2. The van der Waals surface area contributed by atoms with E-state index >= 15 is 0 Å². The highest BCUT2D eigenvalue weighted by Gasteiger charge is 2.21. The molecular formula is C16H16N6S. The Balaban J connectivity index is 1.34. The van der Waals surface area contributed by atoms with Gasteiger partial charge in [-0.1, -0.05) is 57.6 Å². The Morgan fingerprint density at radius 2 is 1.22 bits per heavy atom. The van der Waals surface area contributed by atoms with Gasteiger partial charge in [-0.3, -0.25) is 10.6 Å². The van der Waals surface area contributed by atoms with Crippen LogP contribution in [0.25, 0.3) is 0 Å². The average Bonchev–Trinajstić information content (AvgIpc) is 3.19. The Morgan fingerprint density at radius 3 is 1.74 bits per heavy atom. The molecule has 2 heterocycles. The Morgan fingerprint density at radius 1 is 0.739 bits per heavy atom. The van der Waals surface area contributed by atoms with E-state index in [9.17, 15) is 0 Å². The van der Waals surface area contributed by atoms with E-state index in [0.29, 0.717) is 0 Å². The Labute approximate surface area is 138 Å². The Bertz CT molecular complexity index is 696. The summed E-state index contributed by atoms with van der Waals surface area (Å²) in [6.45, 7) is 1.66. The zero-order valence-electron chi connectivity index (χ0n) is 12.4. The van der Waals surface area contributed by atoms with E-state index in [1.165, 1.54) is 22.3 Å². The summed E-state index contributed by atoms with van der Waals surface area (Å²) >= 11 is 1.01. The molecule has 2 unspecified atom stereocenters. The maximum atomic E-state index is 4.28. The van der Waals surface area contributed by atoms with Crippen molar-refractivity contribution in [3.8, 4) is 0 Å². The summed E-state index contributed by atoms with van der Waals surface area (Å²) < 4.78 is 8.12. The van der Waals surface area contributed by atoms with Crippen LogP contribution >= 0.6 is 12.1 Å². The molecule has 2 aromatic rings. The third kappa shape index (κ3) is 3.03. The number of rotatable bonds is 4. The van der Waals surface area contributed by atoms with Gasteiger partial charge in [0.2, 0.25) is 0 Å². The minimum atomic E-state index is -0.0840. The zero-order chi connectivity index (χ0) is 15.5. The molecule has 0 aliphatic carbocycles. The van der Waals surface area contributed by atoms with E-state index in [4.69, 9.17) is 0 Å². The minimum Gasteiger partial charge on any atom is -0.286 e. The second-order valence-corrected chi connectivity index (χ2v) is 5.93. The molecule has 6 nitrogen and oxygen atoms in total. The van der Waals surface area contributed by atoms with Gasteiger partial charge < -0.3 is 0 Å². The highest BCUT2D eigenvalue weighted by molar-refractivity contribution is 7.96. The molecule has 0 radical (unpaired) electrons. The Hall–Kier alpha value is -2.09. The Kier molecular flexibility index (Phi) is 4.14. The lowest BCUT2D eigenvalue weighted by atomic mass is 10.1. The van der Waals surface area contributed by atoms with Crippen LogP contribution < -0.4 is 10.6 Å². The molecule has 2 aromatic carbocycles. The minimum absolute atomic E-state index is 0.0840. The van der Waals surface area contributed by atoms with Gasteiger partial charge in [-0.25, -0.2) is 0 Å². The highest BCUT2D eigenvalue weighted by atomic mass is 32.2. The topological polar surface area (TPSA) is 73.5 Å². The van der Waals surface area contributed by atoms with Crippen molar-refractivity contribution in [3.63, 3.8) is 0 Å². The molecule has 2 atom stereocenters. The molecule has 0 fully saturated rings. The summed E-state index contributed by atoms with van der Waals surface area (Å²) in [4.78, 5) is 0.